The first kappa shape index (κ1) is 36.3. The summed E-state index contributed by atoms with van der Waals surface area (Å²) in [6.45, 7) is 0. The zero-order valence-electron chi connectivity index (χ0n) is 19.9. The molecular formula is C22H22CdN6O10+2. The second-order valence-electron chi connectivity index (χ2n) is 6.33. The average molecular weight is 643 g/mol. The first-order valence-electron chi connectivity index (χ1n) is 9.64. The van der Waals surface area contributed by atoms with Gasteiger partial charge in [-0.25, -0.2) is 19.6 Å². The molecule has 200 valence electrons. The average Bonchev–Trinajstić information content (AvgIpc) is 3.55. The first-order chi connectivity index (χ1) is 17.2. The van der Waals surface area contributed by atoms with Gasteiger partial charge in [0.25, 0.3) is 0 Å². The summed E-state index contributed by atoms with van der Waals surface area (Å²) in [4.78, 5) is 59.4. The van der Waals surface area contributed by atoms with E-state index in [1.807, 2.05) is 24.3 Å². The van der Waals surface area contributed by atoms with Crippen LogP contribution >= 0.6 is 0 Å². The fraction of sp³-hybridized carbons (Fsp3) is 0. The largest absolute Gasteiger partial charge is 2.00 e. The molecule has 0 aromatic carbocycles. The van der Waals surface area contributed by atoms with Crippen molar-refractivity contribution >= 4 is 36.0 Å². The summed E-state index contributed by atoms with van der Waals surface area (Å²) in [6.07, 6.45) is 13.2. The van der Waals surface area contributed by atoms with Gasteiger partial charge in [0.2, 0.25) is 0 Å². The van der Waals surface area contributed by atoms with Gasteiger partial charge in [-0.15, -0.1) is 0 Å². The van der Waals surface area contributed by atoms with Crippen LogP contribution in [0.5, 0.6) is 0 Å². The summed E-state index contributed by atoms with van der Waals surface area (Å²) in [5.41, 5.74) is 0.193. The number of carboxylic acids is 4. The van der Waals surface area contributed by atoms with Crippen molar-refractivity contribution in [1.29, 1.82) is 0 Å². The van der Waals surface area contributed by atoms with Crippen LogP contribution in [0.4, 0.5) is 0 Å². The van der Waals surface area contributed by atoms with Crippen LogP contribution in [0.3, 0.4) is 0 Å². The normalized spacial score (nSPS) is 9.13. The summed E-state index contributed by atoms with van der Waals surface area (Å²) in [5, 5.41) is 36.9. The molecule has 0 atom stereocenters. The molecule has 4 heterocycles. The van der Waals surface area contributed by atoms with Crippen molar-refractivity contribution in [1.82, 2.24) is 29.9 Å². The van der Waals surface area contributed by atoms with E-state index < -0.39 is 46.7 Å². The van der Waals surface area contributed by atoms with Crippen LogP contribution < -0.4 is 10.2 Å². The van der Waals surface area contributed by atoms with E-state index in [4.69, 9.17) is 10.2 Å². The number of aromatic amines is 2. The zero-order valence-corrected chi connectivity index (χ0v) is 24.0. The Morgan fingerprint density at radius 3 is 1.21 bits per heavy atom. The number of carboxylic acid groups (broad SMARTS) is 4. The predicted octanol–water partition coefficient (Wildman–Crippen LogP) is -2.26. The molecule has 0 saturated carbocycles. The molecule has 4 rings (SSSR count). The maximum absolute atomic E-state index is 10.2. The van der Waals surface area contributed by atoms with Gasteiger partial charge in [0.1, 0.15) is 11.4 Å². The maximum atomic E-state index is 10.2. The minimum Gasteiger partial charge on any atom is -0.543 e. The topological polar surface area (TPSA) is 304 Å². The van der Waals surface area contributed by atoms with Gasteiger partial charge in [0.05, 0.1) is 24.6 Å². The Labute approximate surface area is 238 Å². The molecule has 0 bridgehead atoms. The van der Waals surface area contributed by atoms with E-state index in [1.165, 1.54) is 0 Å². The minimum absolute atomic E-state index is 0. The van der Waals surface area contributed by atoms with E-state index in [2.05, 4.69) is 42.1 Å². The second-order valence-corrected chi connectivity index (χ2v) is 6.33. The van der Waals surface area contributed by atoms with Crippen molar-refractivity contribution in [3.63, 3.8) is 0 Å². The van der Waals surface area contributed by atoms with Gasteiger partial charge in [0, 0.05) is 24.8 Å². The van der Waals surface area contributed by atoms with Crippen LogP contribution in [0.2, 0.25) is 0 Å². The first-order valence-corrected chi connectivity index (χ1v) is 9.64. The van der Waals surface area contributed by atoms with E-state index >= 15 is 0 Å². The van der Waals surface area contributed by atoms with Crippen molar-refractivity contribution in [3.05, 3.63) is 95.6 Å². The smallest absolute Gasteiger partial charge is 0.543 e. The monoisotopic (exact) mass is 644 g/mol. The predicted molar refractivity (Wildman–Crippen MR) is 127 cm³/mol. The van der Waals surface area contributed by atoms with Gasteiger partial charge in [-0.3, -0.25) is 9.97 Å². The number of rotatable bonds is 6. The number of nitrogens with zero attached hydrogens (tertiary/aromatic N) is 4. The van der Waals surface area contributed by atoms with Gasteiger partial charge < -0.3 is 50.9 Å². The molecule has 4 aromatic rings. The SMILES string of the molecule is C(=C\c1ccncc1)/c1ccncc1.O=C([O-])c1nc[nH]c1C(=O)O.O=C([O-])c1nc[nH]c1C(=O)O.[Cd+2].[OH3+].[OH3+]. The Morgan fingerprint density at radius 2 is 0.974 bits per heavy atom. The summed E-state index contributed by atoms with van der Waals surface area (Å²) >= 11 is 0. The van der Waals surface area contributed by atoms with E-state index in [9.17, 15) is 29.4 Å². The van der Waals surface area contributed by atoms with Gasteiger partial charge in [-0.1, -0.05) is 12.2 Å². The van der Waals surface area contributed by atoms with E-state index in [1.54, 1.807) is 24.8 Å². The number of carbonyl (C=O) groups excluding carboxylic acids is 2. The van der Waals surface area contributed by atoms with Crippen molar-refractivity contribution in [2.45, 2.75) is 0 Å². The molecule has 10 N–H and O–H groups in total. The Morgan fingerprint density at radius 1 is 0.667 bits per heavy atom. The molecule has 0 fully saturated rings. The van der Waals surface area contributed by atoms with Crippen LogP contribution in [0.25, 0.3) is 12.2 Å². The molecule has 0 aliphatic rings. The summed E-state index contributed by atoms with van der Waals surface area (Å²) in [5.74, 6) is -5.96. The molecule has 0 unspecified atom stereocenters. The molecule has 0 radical (unpaired) electrons. The summed E-state index contributed by atoms with van der Waals surface area (Å²) in [6, 6.07) is 7.88. The molecular weight excluding hydrogens is 621 g/mol. The Kier molecular flexibility index (Phi) is 17.2. The van der Waals surface area contributed by atoms with Crippen LogP contribution in [0.15, 0.2) is 61.7 Å². The number of pyridine rings is 2. The third kappa shape index (κ3) is 11.8. The van der Waals surface area contributed by atoms with E-state index in [0.717, 1.165) is 23.8 Å². The maximum Gasteiger partial charge on any atom is 2.00 e. The molecule has 17 heteroatoms. The van der Waals surface area contributed by atoms with Crippen molar-refractivity contribution in [2.75, 3.05) is 0 Å². The van der Waals surface area contributed by atoms with Gasteiger partial charge in [0.15, 0.2) is 11.4 Å². The third-order valence-electron chi connectivity index (χ3n) is 3.97. The number of H-pyrrole nitrogens is 2. The third-order valence-corrected chi connectivity index (χ3v) is 3.97. The Bertz CT molecular complexity index is 1200. The number of hydrogen-bond acceptors (Lipinski definition) is 10. The molecule has 4 aromatic heterocycles. The van der Waals surface area contributed by atoms with Crippen molar-refractivity contribution in [3.8, 4) is 0 Å². The number of hydrogen-bond donors (Lipinski definition) is 4. The molecule has 16 nitrogen and oxygen atoms in total. The Balaban J connectivity index is 0. The number of nitrogens with one attached hydrogen (secondary N) is 2. The molecule has 0 aliphatic carbocycles. The standard InChI is InChI=1S/C12H10N2.2C5H4N2O4.Cd.2H2O/c1(11-3-7-13-8-4-11)2-12-5-9-14-10-6-12;2*8-4(9)2-3(5(10)11)7-1-6-2;;;/h1-10H;2*1H,(H,6,7)(H,8,9)(H,10,11);;2*1H2/q;;;+2;;/b2-1+;;;;;. The van der Waals surface area contributed by atoms with Gasteiger partial charge in [-0.2, -0.15) is 0 Å². The second kappa shape index (κ2) is 18.4. The molecule has 0 aliphatic heterocycles. The van der Waals surface area contributed by atoms with Gasteiger partial charge >= 0.3 is 39.2 Å². The van der Waals surface area contributed by atoms with Crippen LogP contribution in [-0.4, -0.2) is 64.0 Å². The zero-order chi connectivity index (χ0) is 26.5. The van der Waals surface area contributed by atoms with Crippen LogP contribution in [0, 0.1) is 0 Å². The van der Waals surface area contributed by atoms with Crippen LogP contribution in [0.1, 0.15) is 53.1 Å². The van der Waals surface area contributed by atoms with Gasteiger partial charge in [-0.05, 0) is 35.4 Å². The summed E-state index contributed by atoms with van der Waals surface area (Å²) < 4.78 is 0. The molecule has 0 saturated heterocycles. The summed E-state index contributed by atoms with van der Waals surface area (Å²) in [7, 11) is 0. The number of aromatic nitrogens is 6. The number of aromatic carboxylic acids is 4. The van der Waals surface area contributed by atoms with Crippen molar-refractivity contribution in [2.24, 2.45) is 0 Å². The molecule has 39 heavy (non-hydrogen) atoms. The van der Waals surface area contributed by atoms with E-state index in [0.29, 0.717) is 0 Å². The quantitative estimate of drug-likeness (QED) is 0.128. The Hall–Kier alpha value is -4.82. The number of carbonyl (C=O) groups is 4. The van der Waals surface area contributed by atoms with E-state index in [-0.39, 0.29) is 38.3 Å². The van der Waals surface area contributed by atoms with Crippen molar-refractivity contribution < 1.29 is 77.9 Å². The number of imidazole rings is 2. The molecule has 0 amide bonds. The van der Waals surface area contributed by atoms with Crippen LogP contribution in [-0.2, 0) is 38.3 Å². The molecule has 0 spiro atoms. The minimum atomic E-state index is -1.61. The fourth-order valence-corrected chi connectivity index (χ4v) is 2.37. The fourth-order valence-electron chi connectivity index (χ4n) is 2.37.